The van der Waals surface area contributed by atoms with Crippen molar-refractivity contribution in [1.82, 2.24) is 4.98 Å². The fraction of sp³-hybridized carbons (Fsp3) is 0.158. The Bertz CT molecular complexity index is 846. The van der Waals surface area contributed by atoms with Gasteiger partial charge in [0.1, 0.15) is 4.21 Å². The number of thiazole rings is 1. The number of aromatic nitrogens is 1. The fourth-order valence-corrected chi connectivity index (χ4v) is 4.25. The number of nitrogens with one attached hydrogen (secondary N) is 1. The normalized spacial score (nSPS) is 10.5. The first-order valence-electron chi connectivity index (χ1n) is 7.90. The first-order valence-corrected chi connectivity index (χ1v) is 9.53. The van der Waals surface area contributed by atoms with Crippen molar-refractivity contribution in [2.45, 2.75) is 23.0 Å². The Labute approximate surface area is 155 Å². The van der Waals surface area contributed by atoms with Gasteiger partial charge in [0.2, 0.25) is 0 Å². The molecule has 0 bridgehead atoms. The third-order valence-corrected chi connectivity index (χ3v) is 5.47. The van der Waals surface area contributed by atoms with Crippen LogP contribution >= 0.6 is 23.1 Å². The largest absolute Gasteiger partial charge is 0.461 e. The third kappa shape index (κ3) is 4.61. The van der Waals surface area contributed by atoms with Crippen LogP contribution in [0.15, 0.2) is 63.7 Å². The van der Waals surface area contributed by atoms with Crippen LogP contribution in [0.5, 0.6) is 0 Å². The lowest BCUT2D eigenvalue weighted by atomic mass is 10.2. The summed E-state index contributed by atoms with van der Waals surface area (Å²) in [6.45, 7) is 4.16. The molecule has 0 atom stereocenters. The molecule has 0 spiro atoms. The van der Waals surface area contributed by atoms with E-state index in [0.717, 1.165) is 14.8 Å². The molecule has 3 rings (SSSR count). The number of benzene rings is 2. The second kappa shape index (κ2) is 8.18. The predicted molar refractivity (Wildman–Crippen MR) is 103 cm³/mol. The van der Waals surface area contributed by atoms with Gasteiger partial charge >= 0.3 is 5.97 Å². The summed E-state index contributed by atoms with van der Waals surface area (Å²) in [6, 6.07) is 18.0. The highest BCUT2D eigenvalue weighted by Gasteiger charge is 2.20. The minimum atomic E-state index is -0.394. The van der Waals surface area contributed by atoms with E-state index in [1.54, 1.807) is 6.92 Å². The van der Waals surface area contributed by atoms with Crippen LogP contribution < -0.4 is 5.32 Å². The highest BCUT2D eigenvalue weighted by molar-refractivity contribution is 8.01. The second-order valence-electron chi connectivity index (χ2n) is 5.28. The summed E-state index contributed by atoms with van der Waals surface area (Å²) in [5.41, 5.74) is 2.48. The zero-order valence-electron chi connectivity index (χ0n) is 14.0. The van der Waals surface area contributed by atoms with Gasteiger partial charge in [0.05, 0.1) is 6.61 Å². The average Bonchev–Trinajstić information content (AvgIpc) is 3.00. The molecule has 0 saturated carbocycles. The van der Waals surface area contributed by atoms with Crippen LogP contribution in [0.25, 0.3) is 0 Å². The monoisotopic (exact) mass is 370 g/mol. The zero-order valence-corrected chi connectivity index (χ0v) is 15.6. The number of hydrogen-bond acceptors (Lipinski definition) is 6. The summed E-state index contributed by atoms with van der Waals surface area (Å²) in [5.74, 6) is -0.394. The van der Waals surface area contributed by atoms with Crippen molar-refractivity contribution >= 4 is 39.9 Å². The van der Waals surface area contributed by atoms with Crippen LogP contribution in [-0.2, 0) is 4.74 Å². The summed E-state index contributed by atoms with van der Waals surface area (Å²) in [6.07, 6.45) is 0. The molecule has 128 valence electrons. The highest BCUT2D eigenvalue weighted by Crippen LogP contribution is 2.38. The quantitative estimate of drug-likeness (QED) is 0.579. The van der Waals surface area contributed by atoms with E-state index in [0.29, 0.717) is 17.4 Å². The number of anilines is 2. The maximum atomic E-state index is 12.2. The van der Waals surface area contributed by atoms with Crippen molar-refractivity contribution in [2.24, 2.45) is 0 Å². The predicted octanol–water partition coefficient (Wildman–Crippen LogP) is 5.52. The van der Waals surface area contributed by atoms with Crippen molar-refractivity contribution in [3.63, 3.8) is 0 Å². The molecule has 1 aromatic heterocycles. The Morgan fingerprint density at radius 2 is 1.88 bits per heavy atom. The van der Waals surface area contributed by atoms with E-state index in [4.69, 9.17) is 4.74 Å². The molecule has 25 heavy (non-hydrogen) atoms. The molecular weight excluding hydrogens is 352 g/mol. The molecular formula is C19H18N2O2S2. The van der Waals surface area contributed by atoms with Crippen LogP contribution in [0, 0.1) is 6.92 Å². The second-order valence-corrected chi connectivity index (χ2v) is 7.62. The maximum Gasteiger partial charge on any atom is 0.359 e. The smallest absolute Gasteiger partial charge is 0.359 e. The molecule has 0 radical (unpaired) electrons. The molecule has 0 aliphatic carbocycles. The molecule has 1 heterocycles. The van der Waals surface area contributed by atoms with Crippen LogP contribution in [0.4, 0.5) is 10.8 Å². The molecule has 1 N–H and O–H groups in total. The van der Waals surface area contributed by atoms with Gasteiger partial charge in [0.15, 0.2) is 10.8 Å². The number of nitrogens with zero attached hydrogens (tertiary/aromatic N) is 1. The molecule has 3 aromatic rings. The molecule has 0 unspecified atom stereocenters. The number of aryl methyl sites for hydroxylation is 1. The Morgan fingerprint density at radius 1 is 1.16 bits per heavy atom. The summed E-state index contributed by atoms with van der Waals surface area (Å²) < 4.78 is 5.97. The molecule has 0 amide bonds. The van der Waals surface area contributed by atoms with Crippen molar-refractivity contribution < 1.29 is 9.53 Å². The standard InChI is InChI=1S/C19H18N2O2S2/c1-3-23-17(22)16-18(24-15-7-5-4-6-8-15)25-19(21-16)20-14-11-9-13(2)10-12-14/h4-12H,3H2,1-2H3,(H,20,21). The van der Waals surface area contributed by atoms with Gasteiger partial charge in [-0.05, 0) is 38.1 Å². The van der Waals surface area contributed by atoms with Gasteiger partial charge in [0.25, 0.3) is 0 Å². The van der Waals surface area contributed by atoms with Crippen molar-refractivity contribution in [2.75, 3.05) is 11.9 Å². The van der Waals surface area contributed by atoms with E-state index in [9.17, 15) is 4.79 Å². The van der Waals surface area contributed by atoms with E-state index in [1.807, 2.05) is 61.5 Å². The summed E-state index contributed by atoms with van der Waals surface area (Å²) in [5, 5.41) is 3.93. The summed E-state index contributed by atoms with van der Waals surface area (Å²) >= 11 is 2.96. The van der Waals surface area contributed by atoms with Crippen LogP contribution in [0.2, 0.25) is 0 Å². The maximum absolute atomic E-state index is 12.2. The summed E-state index contributed by atoms with van der Waals surface area (Å²) in [7, 11) is 0. The zero-order chi connectivity index (χ0) is 17.6. The molecule has 4 nitrogen and oxygen atoms in total. The number of esters is 1. The Kier molecular flexibility index (Phi) is 5.73. The first-order chi connectivity index (χ1) is 12.2. The molecule has 0 fully saturated rings. The number of carbonyl (C=O) groups excluding carboxylic acids is 1. The lowest BCUT2D eigenvalue weighted by Gasteiger charge is -2.02. The van der Waals surface area contributed by atoms with Gasteiger partial charge in [-0.1, -0.05) is 59.0 Å². The van der Waals surface area contributed by atoms with Crippen molar-refractivity contribution in [3.8, 4) is 0 Å². The van der Waals surface area contributed by atoms with Crippen molar-refractivity contribution in [1.29, 1.82) is 0 Å². The van der Waals surface area contributed by atoms with Crippen molar-refractivity contribution in [3.05, 3.63) is 65.9 Å². The SMILES string of the molecule is CCOC(=O)c1nc(Nc2ccc(C)cc2)sc1Sc1ccccc1. The van der Waals surface area contributed by atoms with Gasteiger partial charge in [0, 0.05) is 10.6 Å². The van der Waals surface area contributed by atoms with Gasteiger partial charge in [-0.15, -0.1) is 0 Å². The number of hydrogen-bond donors (Lipinski definition) is 1. The number of rotatable bonds is 6. The fourth-order valence-electron chi connectivity index (χ4n) is 2.11. The average molecular weight is 370 g/mol. The Hall–Kier alpha value is -2.31. The molecule has 2 aromatic carbocycles. The molecule has 0 aliphatic rings. The third-order valence-electron chi connectivity index (χ3n) is 3.32. The molecule has 6 heteroatoms. The topological polar surface area (TPSA) is 51.2 Å². The molecule has 0 saturated heterocycles. The van der Waals surface area contributed by atoms with Gasteiger partial charge < -0.3 is 10.1 Å². The van der Waals surface area contributed by atoms with E-state index in [1.165, 1.54) is 28.7 Å². The van der Waals surface area contributed by atoms with Gasteiger partial charge in [-0.2, -0.15) is 0 Å². The lowest BCUT2D eigenvalue weighted by molar-refractivity contribution is 0.0516. The summed E-state index contributed by atoms with van der Waals surface area (Å²) in [4.78, 5) is 17.8. The van der Waals surface area contributed by atoms with E-state index >= 15 is 0 Å². The Balaban J connectivity index is 1.87. The van der Waals surface area contributed by atoms with Gasteiger partial charge in [-0.3, -0.25) is 0 Å². The minimum absolute atomic E-state index is 0.326. The Morgan fingerprint density at radius 3 is 2.56 bits per heavy atom. The van der Waals surface area contributed by atoms with Crippen LogP contribution in [0.1, 0.15) is 23.0 Å². The van der Waals surface area contributed by atoms with Gasteiger partial charge in [-0.25, -0.2) is 9.78 Å². The first kappa shape index (κ1) is 17.5. The number of ether oxygens (including phenoxy) is 1. The van der Waals surface area contributed by atoms with Crippen LogP contribution in [0.3, 0.4) is 0 Å². The van der Waals surface area contributed by atoms with Crippen LogP contribution in [-0.4, -0.2) is 17.6 Å². The lowest BCUT2D eigenvalue weighted by Crippen LogP contribution is -2.06. The van der Waals surface area contributed by atoms with E-state index in [-0.39, 0.29) is 0 Å². The number of carbonyl (C=O) groups is 1. The highest BCUT2D eigenvalue weighted by atomic mass is 32.2. The van der Waals surface area contributed by atoms with E-state index in [2.05, 4.69) is 10.3 Å². The van der Waals surface area contributed by atoms with E-state index < -0.39 is 5.97 Å². The molecule has 0 aliphatic heterocycles. The minimum Gasteiger partial charge on any atom is -0.461 e.